The van der Waals surface area contributed by atoms with Crippen LogP contribution in [0.4, 0.5) is 23.0 Å². The summed E-state index contributed by atoms with van der Waals surface area (Å²) >= 11 is 0. The largest absolute Gasteiger partial charge is 0.297 e. The molecule has 4 aromatic rings. The van der Waals surface area contributed by atoms with Gasteiger partial charge in [-0.15, -0.1) is 0 Å². The minimum absolute atomic E-state index is 0.669. The predicted octanol–water partition coefficient (Wildman–Crippen LogP) is 14.6. The van der Waals surface area contributed by atoms with Crippen molar-refractivity contribution in [2.75, 3.05) is 16.5 Å². The van der Waals surface area contributed by atoms with Crippen molar-refractivity contribution in [2.24, 2.45) is 0 Å². The van der Waals surface area contributed by atoms with E-state index in [1.54, 1.807) is 0 Å². The second-order valence-electron chi connectivity index (χ2n) is 15.9. The molecule has 300 valence electrons. The molecule has 0 N–H and O–H groups in total. The Labute approximate surface area is 340 Å². The summed E-state index contributed by atoms with van der Waals surface area (Å²) in [5.74, 6) is 1.94. The normalized spacial score (nSPS) is 12.6. The molecule has 5 nitrogen and oxygen atoms in total. The third kappa shape index (κ3) is 13.4. The van der Waals surface area contributed by atoms with E-state index in [1.165, 1.54) is 136 Å². The first-order valence-electron chi connectivity index (χ1n) is 22.4. The Balaban J connectivity index is 1.50. The number of hydrogen-bond donors (Lipinski definition) is 0. The topological polar surface area (TPSA) is 35.5 Å². The second-order valence-corrected chi connectivity index (χ2v) is 15.9. The van der Waals surface area contributed by atoms with Crippen LogP contribution in [0, 0.1) is 0 Å². The number of allylic oxidation sites excluding steroid dienone is 2. The Kier molecular flexibility index (Phi) is 18.6. The number of benzene rings is 2. The first kappa shape index (κ1) is 42.8. The van der Waals surface area contributed by atoms with Crippen molar-refractivity contribution in [2.45, 2.75) is 156 Å². The number of unbranched alkanes of at least 4 members (excludes halogenated alkanes) is 12. The summed E-state index contributed by atoms with van der Waals surface area (Å²) in [6.07, 6.45) is 35.2. The van der Waals surface area contributed by atoms with Crippen LogP contribution in [0.2, 0.25) is 0 Å². The molecule has 0 fully saturated rings. The highest BCUT2D eigenvalue weighted by Crippen LogP contribution is 2.35. The molecule has 0 atom stereocenters. The molecule has 0 aliphatic carbocycles. The van der Waals surface area contributed by atoms with Crippen LogP contribution < -0.4 is 9.91 Å². The molecule has 2 aromatic heterocycles. The number of hydrogen-bond acceptors (Lipinski definition) is 5. The smallest absolute Gasteiger partial charge is 0.152 e. The molecule has 0 saturated carbocycles. The van der Waals surface area contributed by atoms with E-state index in [-0.39, 0.29) is 0 Å². The van der Waals surface area contributed by atoms with Crippen molar-refractivity contribution in [3.05, 3.63) is 131 Å². The van der Waals surface area contributed by atoms with Gasteiger partial charge < -0.3 is 0 Å². The standard InChI is InChI=1S/C51H71N5/c1-5-9-13-17-24-43-28-21-30-47(38-43)55(50-40-45(33-35-52-50)26-19-15-11-7-3)49-32-23-37-54(42-49)56(48-31-22-29-44(39-48)25-18-14-10-6-2)51-41-46(34-36-53-51)27-20-16-12-8-4/h21-23,28-41H,5-20,24-27,42H2,1-4H3. The Morgan fingerprint density at radius 2 is 0.964 bits per heavy atom. The fourth-order valence-electron chi connectivity index (χ4n) is 7.85. The summed E-state index contributed by atoms with van der Waals surface area (Å²) in [6, 6.07) is 27.4. The van der Waals surface area contributed by atoms with Gasteiger partial charge in [0.25, 0.3) is 0 Å². The van der Waals surface area contributed by atoms with Gasteiger partial charge in [0.1, 0.15) is 5.82 Å². The van der Waals surface area contributed by atoms with Gasteiger partial charge in [-0.1, -0.05) is 129 Å². The molecule has 1 aliphatic heterocycles. The number of anilines is 4. The number of aryl methyl sites for hydroxylation is 4. The quantitative estimate of drug-likeness (QED) is 0.0597. The van der Waals surface area contributed by atoms with Crippen molar-refractivity contribution in [3.63, 3.8) is 0 Å². The Bertz CT molecular complexity index is 1660. The first-order chi connectivity index (χ1) is 27.6. The van der Waals surface area contributed by atoms with Crippen molar-refractivity contribution in [1.29, 1.82) is 0 Å². The molecule has 5 heteroatoms. The van der Waals surface area contributed by atoms with Gasteiger partial charge in [0, 0.05) is 30.0 Å². The van der Waals surface area contributed by atoms with E-state index in [0.29, 0.717) is 6.54 Å². The summed E-state index contributed by atoms with van der Waals surface area (Å²) in [6.45, 7) is 9.80. The van der Waals surface area contributed by atoms with Gasteiger partial charge in [-0.25, -0.2) is 15.0 Å². The molecule has 0 radical (unpaired) electrons. The van der Waals surface area contributed by atoms with E-state index in [9.17, 15) is 0 Å². The summed E-state index contributed by atoms with van der Waals surface area (Å²) in [5, 5.41) is 4.69. The zero-order valence-corrected chi connectivity index (χ0v) is 35.4. The SMILES string of the molecule is CCCCCCc1cccc(N(C2=CC=CN(N(c3cccc(CCCCCC)c3)c3cc(CCCCCC)ccn3)C2)c2cc(CCCCCC)ccn2)c1. The minimum atomic E-state index is 0.669. The van der Waals surface area contributed by atoms with Crippen LogP contribution in [0.5, 0.6) is 0 Å². The molecular weight excluding hydrogens is 683 g/mol. The van der Waals surface area contributed by atoms with Gasteiger partial charge in [0.2, 0.25) is 0 Å². The number of pyridine rings is 2. The molecule has 0 amide bonds. The maximum atomic E-state index is 5.06. The molecule has 0 bridgehead atoms. The maximum absolute atomic E-state index is 5.06. The van der Waals surface area contributed by atoms with Crippen molar-refractivity contribution < 1.29 is 0 Å². The third-order valence-electron chi connectivity index (χ3n) is 11.1. The molecular formula is C51H71N5. The zero-order valence-electron chi connectivity index (χ0n) is 35.4. The minimum Gasteiger partial charge on any atom is -0.297 e. The van der Waals surface area contributed by atoms with Gasteiger partial charge >= 0.3 is 0 Å². The summed E-state index contributed by atoms with van der Waals surface area (Å²) in [4.78, 5) is 12.5. The van der Waals surface area contributed by atoms with Crippen molar-refractivity contribution in [3.8, 4) is 0 Å². The average Bonchev–Trinajstić information content (AvgIpc) is 3.23. The fraction of sp³-hybridized carbons (Fsp3) is 0.490. The highest BCUT2D eigenvalue weighted by Gasteiger charge is 2.25. The molecule has 56 heavy (non-hydrogen) atoms. The average molecular weight is 754 g/mol. The van der Waals surface area contributed by atoms with Crippen LogP contribution in [0.3, 0.4) is 0 Å². The van der Waals surface area contributed by atoms with E-state index in [2.05, 4.69) is 134 Å². The van der Waals surface area contributed by atoms with Crippen LogP contribution in [0.15, 0.2) is 109 Å². The van der Waals surface area contributed by atoms with E-state index >= 15 is 0 Å². The fourth-order valence-corrected chi connectivity index (χ4v) is 7.85. The van der Waals surface area contributed by atoms with Crippen LogP contribution in [-0.2, 0) is 25.7 Å². The van der Waals surface area contributed by atoms with Crippen molar-refractivity contribution >= 4 is 23.0 Å². The van der Waals surface area contributed by atoms with E-state index in [4.69, 9.17) is 9.97 Å². The lowest BCUT2D eigenvalue weighted by Crippen LogP contribution is -2.41. The van der Waals surface area contributed by atoms with Gasteiger partial charge in [0.05, 0.1) is 12.2 Å². The van der Waals surface area contributed by atoms with Crippen LogP contribution >= 0.6 is 0 Å². The van der Waals surface area contributed by atoms with E-state index in [0.717, 1.165) is 43.0 Å². The highest BCUT2D eigenvalue weighted by molar-refractivity contribution is 5.68. The molecule has 0 saturated heterocycles. The number of rotatable bonds is 26. The highest BCUT2D eigenvalue weighted by atomic mass is 15.6. The van der Waals surface area contributed by atoms with Gasteiger partial charge in [0.15, 0.2) is 5.82 Å². The van der Waals surface area contributed by atoms with Crippen LogP contribution in [-0.4, -0.2) is 21.5 Å². The Hall–Kier alpha value is -4.38. The van der Waals surface area contributed by atoms with Crippen LogP contribution in [0.1, 0.15) is 153 Å². The first-order valence-corrected chi connectivity index (χ1v) is 22.4. The lowest BCUT2D eigenvalue weighted by atomic mass is 10.0. The zero-order chi connectivity index (χ0) is 39.2. The molecule has 3 heterocycles. The number of aromatic nitrogens is 2. The third-order valence-corrected chi connectivity index (χ3v) is 11.1. The summed E-state index contributed by atoms with van der Waals surface area (Å²) < 4.78 is 0. The molecule has 2 aromatic carbocycles. The second kappa shape index (κ2) is 24.3. The van der Waals surface area contributed by atoms with Crippen LogP contribution in [0.25, 0.3) is 0 Å². The lowest BCUT2D eigenvalue weighted by Gasteiger charge is -2.39. The summed E-state index contributed by atoms with van der Waals surface area (Å²) in [5.41, 5.74) is 8.97. The predicted molar refractivity (Wildman–Crippen MR) is 241 cm³/mol. The number of nitrogens with zero attached hydrogens (tertiary/aromatic N) is 5. The van der Waals surface area contributed by atoms with Crippen molar-refractivity contribution in [1.82, 2.24) is 15.0 Å². The maximum Gasteiger partial charge on any atom is 0.152 e. The van der Waals surface area contributed by atoms with Gasteiger partial charge in [-0.2, -0.15) is 0 Å². The molecule has 0 spiro atoms. The van der Waals surface area contributed by atoms with Gasteiger partial charge in [-0.05, 0) is 134 Å². The Morgan fingerprint density at radius 1 is 0.500 bits per heavy atom. The van der Waals surface area contributed by atoms with E-state index in [1.807, 2.05) is 12.4 Å². The molecule has 5 rings (SSSR count). The Morgan fingerprint density at radius 3 is 1.50 bits per heavy atom. The summed E-state index contributed by atoms with van der Waals surface area (Å²) in [7, 11) is 0. The molecule has 0 unspecified atom stereocenters. The van der Waals surface area contributed by atoms with Gasteiger partial charge in [-0.3, -0.25) is 9.91 Å². The number of hydrazine groups is 1. The molecule has 1 aliphatic rings. The van der Waals surface area contributed by atoms with E-state index < -0.39 is 0 Å². The lowest BCUT2D eigenvalue weighted by molar-refractivity contribution is 0.404. The monoisotopic (exact) mass is 754 g/mol.